The first-order valence-corrected chi connectivity index (χ1v) is 8.47. The van der Waals surface area contributed by atoms with Crippen LogP contribution in [0.15, 0.2) is 44.9 Å². The molecule has 2 aliphatic rings. The van der Waals surface area contributed by atoms with Gasteiger partial charge in [-0.25, -0.2) is 9.36 Å². The van der Waals surface area contributed by atoms with Crippen LogP contribution in [0.5, 0.6) is 0 Å². The van der Waals surface area contributed by atoms with Crippen LogP contribution in [0.25, 0.3) is 5.69 Å². The average Bonchev–Trinajstić information content (AvgIpc) is 3.29. The molecule has 1 atom stereocenters. The molecule has 1 aromatic heterocycles. The molecule has 0 spiro atoms. The molecule has 0 amide bonds. The Bertz CT molecular complexity index is 937. The third-order valence-electron chi connectivity index (χ3n) is 4.68. The Labute approximate surface area is 144 Å². The molecular formula is C18H20N4O3. The van der Waals surface area contributed by atoms with E-state index in [2.05, 4.69) is 10.3 Å². The number of aliphatic imine (C=N–C) groups is 1. The van der Waals surface area contributed by atoms with Crippen molar-refractivity contribution in [1.82, 2.24) is 9.13 Å². The minimum absolute atomic E-state index is 0.150. The predicted octanol–water partition coefficient (Wildman–Crippen LogP) is 1.08. The van der Waals surface area contributed by atoms with Crippen LogP contribution in [0.1, 0.15) is 18.4 Å². The summed E-state index contributed by atoms with van der Waals surface area (Å²) in [6.45, 7) is 1.36. The zero-order valence-electron chi connectivity index (χ0n) is 14.1. The van der Waals surface area contributed by atoms with Gasteiger partial charge in [0.2, 0.25) is 0 Å². The molecule has 3 heterocycles. The molecule has 7 nitrogen and oxygen atoms in total. The van der Waals surface area contributed by atoms with Crippen LogP contribution in [0, 0.1) is 0 Å². The number of aromatic nitrogens is 2. The van der Waals surface area contributed by atoms with E-state index in [4.69, 9.17) is 4.74 Å². The van der Waals surface area contributed by atoms with E-state index < -0.39 is 0 Å². The molecule has 0 aliphatic carbocycles. The maximum absolute atomic E-state index is 12.6. The van der Waals surface area contributed by atoms with Crippen LogP contribution in [0.3, 0.4) is 0 Å². The summed E-state index contributed by atoms with van der Waals surface area (Å²) in [5.74, 6) is 1.23. The summed E-state index contributed by atoms with van der Waals surface area (Å²) in [7, 11) is 1.51. The number of para-hydroxylation sites is 1. The molecule has 2 aromatic rings. The summed E-state index contributed by atoms with van der Waals surface area (Å²) >= 11 is 0. The highest BCUT2D eigenvalue weighted by Crippen LogP contribution is 2.22. The van der Waals surface area contributed by atoms with E-state index in [1.807, 2.05) is 30.3 Å². The van der Waals surface area contributed by atoms with Crippen LogP contribution in [0.2, 0.25) is 0 Å². The van der Waals surface area contributed by atoms with Crippen molar-refractivity contribution in [2.24, 2.45) is 12.0 Å². The summed E-state index contributed by atoms with van der Waals surface area (Å²) < 4.78 is 8.27. The molecule has 130 valence electrons. The topological polar surface area (TPSA) is 77.6 Å². The fraction of sp³-hybridized carbons (Fsp3) is 0.389. The van der Waals surface area contributed by atoms with Gasteiger partial charge in [-0.2, -0.15) is 0 Å². The Morgan fingerprint density at radius 1 is 1.28 bits per heavy atom. The number of amidine groups is 1. The normalized spacial score (nSPS) is 20.7. The van der Waals surface area contributed by atoms with Gasteiger partial charge in [-0.1, -0.05) is 18.2 Å². The van der Waals surface area contributed by atoms with Crippen molar-refractivity contribution in [3.8, 4) is 5.69 Å². The molecule has 1 unspecified atom stereocenters. The molecule has 1 N–H and O–H groups in total. The molecule has 0 radical (unpaired) electrons. The number of hydrogen-bond donors (Lipinski definition) is 1. The van der Waals surface area contributed by atoms with Crippen molar-refractivity contribution in [3.63, 3.8) is 0 Å². The van der Waals surface area contributed by atoms with E-state index in [9.17, 15) is 9.59 Å². The van der Waals surface area contributed by atoms with Gasteiger partial charge in [0, 0.05) is 20.1 Å². The largest absolute Gasteiger partial charge is 0.376 e. The standard InChI is InChI=1S/C18H20N4O3/c1-21-17(23)14-10-15(19-11-13-8-5-9-25-13)20-16(14)22(18(21)24)12-6-3-2-4-7-12/h2-4,6-7,13H,5,8-11H2,1H3,(H,19,20). The fourth-order valence-corrected chi connectivity index (χ4v) is 3.32. The lowest BCUT2D eigenvalue weighted by Gasteiger charge is -2.13. The second kappa shape index (κ2) is 6.33. The highest BCUT2D eigenvalue weighted by molar-refractivity contribution is 6.02. The Balaban J connectivity index is 1.75. The molecule has 25 heavy (non-hydrogen) atoms. The zero-order chi connectivity index (χ0) is 17.4. The molecule has 1 aromatic carbocycles. The number of hydrogen-bond acceptors (Lipinski definition) is 4. The molecular weight excluding hydrogens is 320 g/mol. The SMILES string of the molecule is Cn1c(=O)c2c(n(-c3ccccc3)c1=O)NC(=NCC1CCCO1)C2. The monoisotopic (exact) mass is 340 g/mol. The summed E-state index contributed by atoms with van der Waals surface area (Å²) in [5, 5.41) is 3.18. The average molecular weight is 340 g/mol. The number of rotatable bonds is 3. The van der Waals surface area contributed by atoms with Crippen molar-refractivity contribution in [2.45, 2.75) is 25.4 Å². The molecule has 7 heteroatoms. The highest BCUT2D eigenvalue weighted by Gasteiger charge is 2.26. The molecule has 4 rings (SSSR count). The quantitative estimate of drug-likeness (QED) is 0.907. The van der Waals surface area contributed by atoms with Crippen LogP contribution in [-0.4, -0.2) is 34.2 Å². The van der Waals surface area contributed by atoms with Gasteiger partial charge in [0.25, 0.3) is 5.56 Å². The van der Waals surface area contributed by atoms with E-state index in [0.717, 1.165) is 24.0 Å². The Hall–Kier alpha value is -2.67. The maximum atomic E-state index is 12.6. The van der Waals surface area contributed by atoms with Crippen molar-refractivity contribution in [1.29, 1.82) is 0 Å². The molecule has 0 bridgehead atoms. The maximum Gasteiger partial charge on any atom is 0.336 e. The fourth-order valence-electron chi connectivity index (χ4n) is 3.32. The smallest absolute Gasteiger partial charge is 0.336 e. The number of benzene rings is 1. The third kappa shape index (κ3) is 2.80. The number of anilines is 1. The minimum Gasteiger partial charge on any atom is -0.376 e. The van der Waals surface area contributed by atoms with E-state index >= 15 is 0 Å². The second-order valence-corrected chi connectivity index (χ2v) is 6.37. The van der Waals surface area contributed by atoms with Crippen LogP contribution in [-0.2, 0) is 18.2 Å². The summed E-state index contributed by atoms with van der Waals surface area (Å²) in [6.07, 6.45) is 2.64. The third-order valence-corrected chi connectivity index (χ3v) is 4.68. The van der Waals surface area contributed by atoms with Gasteiger partial charge >= 0.3 is 5.69 Å². The number of nitrogens with one attached hydrogen (secondary N) is 1. The van der Waals surface area contributed by atoms with E-state index in [1.54, 1.807) is 0 Å². The van der Waals surface area contributed by atoms with Gasteiger partial charge in [0.1, 0.15) is 11.7 Å². The van der Waals surface area contributed by atoms with Gasteiger partial charge < -0.3 is 10.1 Å². The van der Waals surface area contributed by atoms with E-state index in [1.165, 1.54) is 11.6 Å². The first kappa shape index (κ1) is 15.8. The van der Waals surface area contributed by atoms with Gasteiger partial charge in [-0.15, -0.1) is 0 Å². The van der Waals surface area contributed by atoms with E-state index in [-0.39, 0.29) is 17.4 Å². The van der Waals surface area contributed by atoms with Crippen molar-refractivity contribution < 1.29 is 4.74 Å². The minimum atomic E-state index is -0.372. The van der Waals surface area contributed by atoms with E-state index in [0.29, 0.717) is 35.9 Å². The lowest BCUT2D eigenvalue weighted by Crippen LogP contribution is -2.39. The van der Waals surface area contributed by atoms with Crippen LogP contribution in [0.4, 0.5) is 5.82 Å². The first-order valence-electron chi connectivity index (χ1n) is 8.47. The van der Waals surface area contributed by atoms with Crippen molar-refractivity contribution in [3.05, 3.63) is 56.7 Å². The van der Waals surface area contributed by atoms with Gasteiger partial charge in [0.15, 0.2) is 0 Å². The van der Waals surface area contributed by atoms with Gasteiger partial charge in [-0.3, -0.25) is 14.4 Å². The molecule has 1 fully saturated rings. The Morgan fingerprint density at radius 3 is 2.80 bits per heavy atom. The Kier molecular flexibility index (Phi) is 4.01. The molecule has 1 saturated heterocycles. The number of ether oxygens (including phenoxy) is 1. The highest BCUT2D eigenvalue weighted by atomic mass is 16.5. The lowest BCUT2D eigenvalue weighted by molar-refractivity contribution is 0.118. The van der Waals surface area contributed by atoms with Crippen LogP contribution >= 0.6 is 0 Å². The molecule has 0 saturated carbocycles. The van der Waals surface area contributed by atoms with Crippen molar-refractivity contribution in [2.75, 3.05) is 18.5 Å². The Morgan fingerprint density at radius 2 is 2.08 bits per heavy atom. The number of fused-ring (bicyclic) bond motifs is 1. The second-order valence-electron chi connectivity index (χ2n) is 6.37. The van der Waals surface area contributed by atoms with Gasteiger partial charge in [-0.05, 0) is 25.0 Å². The lowest BCUT2D eigenvalue weighted by atomic mass is 10.2. The zero-order valence-corrected chi connectivity index (χ0v) is 14.1. The number of nitrogens with zero attached hydrogens (tertiary/aromatic N) is 3. The summed E-state index contributed by atoms with van der Waals surface area (Å²) in [4.78, 5) is 29.7. The van der Waals surface area contributed by atoms with Gasteiger partial charge in [0.05, 0.1) is 23.9 Å². The predicted molar refractivity (Wildman–Crippen MR) is 95.9 cm³/mol. The first-order chi connectivity index (χ1) is 12.1. The van der Waals surface area contributed by atoms with Crippen LogP contribution < -0.4 is 16.6 Å². The summed E-state index contributed by atoms with van der Waals surface area (Å²) in [6, 6.07) is 9.30. The molecule has 2 aliphatic heterocycles. The summed E-state index contributed by atoms with van der Waals surface area (Å²) in [5.41, 5.74) is 0.633. The van der Waals surface area contributed by atoms with Crippen molar-refractivity contribution >= 4 is 11.7 Å².